The highest BCUT2D eigenvalue weighted by Gasteiger charge is 2.16. The lowest BCUT2D eigenvalue weighted by atomic mass is 10.0. The van der Waals surface area contributed by atoms with Crippen molar-refractivity contribution in [3.05, 3.63) is 80.3 Å². The predicted molar refractivity (Wildman–Crippen MR) is 128 cm³/mol. The van der Waals surface area contributed by atoms with Crippen molar-refractivity contribution < 1.29 is 9.18 Å². The quantitative estimate of drug-likeness (QED) is 0.325. The van der Waals surface area contributed by atoms with Crippen LogP contribution in [0.2, 0.25) is 5.02 Å². The zero-order chi connectivity index (χ0) is 22.8. The summed E-state index contributed by atoms with van der Waals surface area (Å²) in [6.45, 7) is 3.82. The zero-order valence-electron chi connectivity index (χ0n) is 17.2. The van der Waals surface area contributed by atoms with Crippen molar-refractivity contribution in [2.24, 2.45) is 0 Å². The van der Waals surface area contributed by atoms with Crippen molar-refractivity contribution in [3.63, 3.8) is 0 Å². The molecule has 0 aliphatic carbocycles. The molecular weight excluding hydrogens is 517 g/mol. The number of carbonyl (C=O) groups is 1. The predicted octanol–water partition coefficient (Wildman–Crippen LogP) is 5.62. The third-order valence-corrected chi connectivity index (χ3v) is 6.59. The van der Waals surface area contributed by atoms with Crippen LogP contribution >= 0.6 is 39.3 Å². The summed E-state index contributed by atoms with van der Waals surface area (Å²) in [4.78, 5) is 21.3. The van der Waals surface area contributed by atoms with Gasteiger partial charge in [0, 0.05) is 33.0 Å². The summed E-state index contributed by atoms with van der Waals surface area (Å²) in [5.41, 5.74) is 4.14. The lowest BCUT2D eigenvalue weighted by Crippen LogP contribution is -2.14. The molecule has 2 aromatic carbocycles. The third-order valence-electron chi connectivity index (χ3n) is 4.87. The molecule has 6 nitrogen and oxygen atoms in total. The number of rotatable bonds is 6. The van der Waals surface area contributed by atoms with Crippen LogP contribution in [0, 0.1) is 19.7 Å². The van der Waals surface area contributed by atoms with Gasteiger partial charge >= 0.3 is 0 Å². The van der Waals surface area contributed by atoms with E-state index in [0.717, 1.165) is 32.7 Å². The number of halogens is 3. The fraction of sp³-hybridized carbons (Fsp3) is 0.182. The summed E-state index contributed by atoms with van der Waals surface area (Å²) < 4.78 is 16.0. The third kappa shape index (κ3) is 5.11. The second kappa shape index (κ2) is 9.56. The number of aromatic nitrogens is 4. The Labute approximate surface area is 201 Å². The molecule has 0 bridgehead atoms. The molecule has 0 spiro atoms. The summed E-state index contributed by atoms with van der Waals surface area (Å²) in [6.07, 6.45) is 0.498. The standard InChI is InChI=1S/C22H18BrClFN5OS/c1-12-18(9-14-3-6-16(25)10-19(14)24)13(2)30-21(26-12)28-22(29-30)32-11-20(31)27-17-7-4-15(23)5-8-17/h3-8,10H,9,11H2,1-2H3,(H,27,31). The molecule has 1 N–H and O–H groups in total. The fourth-order valence-electron chi connectivity index (χ4n) is 3.22. The van der Waals surface area contributed by atoms with Crippen LogP contribution in [0.1, 0.15) is 22.5 Å². The van der Waals surface area contributed by atoms with Crippen LogP contribution in [0.15, 0.2) is 52.1 Å². The molecule has 0 aliphatic rings. The number of carbonyl (C=O) groups excluding carboxylic acids is 1. The molecule has 2 aromatic heterocycles. The van der Waals surface area contributed by atoms with Crippen molar-refractivity contribution >= 4 is 56.7 Å². The van der Waals surface area contributed by atoms with Gasteiger partial charge in [0.2, 0.25) is 11.1 Å². The van der Waals surface area contributed by atoms with Crippen molar-refractivity contribution in [2.45, 2.75) is 25.4 Å². The molecule has 4 aromatic rings. The maximum atomic E-state index is 13.4. The maximum absolute atomic E-state index is 13.4. The second-order valence-corrected chi connectivity index (χ2v) is 9.39. The topological polar surface area (TPSA) is 72.2 Å². The van der Waals surface area contributed by atoms with Gasteiger partial charge in [0.25, 0.3) is 5.78 Å². The smallest absolute Gasteiger partial charge is 0.253 e. The van der Waals surface area contributed by atoms with E-state index in [4.69, 9.17) is 11.6 Å². The van der Waals surface area contributed by atoms with Gasteiger partial charge in [-0.2, -0.15) is 4.98 Å². The van der Waals surface area contributed by atoms with Crippen molar-refractivity contribution in [3.8, 4) is 0 Å². The summed E-state index contributed by atoms with van der Waals surface area (Å²) in [7, 11) is 0. The molecule has 1 amide bonds. The van der Waals surface area contributed by atoms with E-state index in [-0.39, 0.29) is 17.5 Å². The fourth-order valence-corrected chi connectivity index (χ4v) is 4.34. The van der Waals surface area contributed by atoms with Gasteiger partial charge in [-0.05, 0) is 61.4 Å². The molecule has 0 saturated carbocycles. The van der Waals surface area contributed by atoms with E-state index < -0.39 is 0 Å². The summed E-state index contributed by atoms with van der Waals surface area (Å²) in [5.74, 6) is 0.111. The molecule has 32 heavy (non-hydrogen) atoms. The first-order valence-corrected chi connectivity index (χ1v) is 11.8. The van der Waals surface area contributed by atoms with E-state index in [0.29, 0.717) is 22.4 Å². The molecule has 0 atom stereocenters. The number of hydrogen-bond donors (Lipinski definition) is 1. The van der Waals surface area contributed by atoms with Crippen LogP contribution in [-0.4, -0.2) is 31.2 Å². The molecule has 0 saturated heterocycles. The highest BCUT2D eigenvalue weighted by atomic mass is 79.9. The molecule has 0 unspecified atom stereocenters. The molecule has 0 aliphatic heterocycles. The Balaban J connectivity index is 1.50. The normalized spacial score (nSPS) is 11.2. The lowest BCUT2D eigenvalue weighted by molar-refractivity contribution is -0.113. The first-order valence-electron chi connectivity index (χ1n) is 9.65. The minimum atomic E-state index is -0.372. The minimum Gasteiger partial charge on any atom is -0.325 e. The van der Waals surface area contributed by atoms with Gasteiger partial charge in [-0.15, -0.1) is 5.10 Å². The van der Waals surface area contributed by atoms with E-state index in [1.54, 1.807) is 10.6 Å². The van der Waals surface area contributed by atoms with E-state index in [1.165, 1.54) is 23.9 Å². The summed E-state index contributed by atoms with van der Waals surface area (Å²) in [5, 5.41) is 8.18. The van der Waals surface area contributed by atoms with E-state index in [9.17, 15) is 9.18 Å². The highest BCUT2D eigenvalue weighted by molar-refractivity contribution is 9.10. The molecule has 0 fully saturated rings. The number of thioether (sulfide) groups is 1. The van der Waals surface area contributed by atoms with Gasteiger partial charge in [0.15, 0.2) is 0 Å². The molecule has 164 valence electrons. The van der Waals surface area contributed by atoms with E-state index in [2.05, 4.69) is 36.3 Å². The Morgan fingerprint density at radius 2 is 1.94 bits per heavy atom. The molecule has 10 heteroatoms. The van der Waals surface area contributed by atoms with Gasteiger partial charge in [0.1, 0.15) is 5.82 Å². The number of anilines is 1. The van der Waals surface area contributed by atoms with Crippen LogP contribution in [0.5, 0.6) is 0 Å². The van der Waals surface area contributed by atoms with Gasteiger partial charge in [-0.3, -0.25) is 4.79 Å². The highest BCUT2D eigenvalue weighted by Crippen LogP contribution is 2.25. The lowest BCUT2D eigenvalue weighted by Gasteiger charge is -2.11. The first kappa shape index (κ1) is 22.7. The Morgan fingerprint density at radius 3 is 2.66 bits per heavy atom. The average Bonchev–Trinajstić information content (AvgIpc) is 3.16. The number of fused-ring (bicyclic) bond motifs is 1. The van der Waals surface area contributed by atoms with Gasteiger partial charge in [0.05, 0.1) is 5.75 Å². The Morgan fingerprint density at radius 1 is 1.19 bits per heavy atom. The number of benzene rings is 2. The first-order chi connectivity index (χ1) is 15.3. The van der Waals surface area contributed by atoms with Crippen molar-refractivity contribution in [1.82, 2.24) is 19.6 Å². The van der Waals surface area contributed by atoms with Crippen LogP contribution in [0.3, 0.4) is 0 Å². The second-order valence-electron chi connectivity index (χ2n) is 7.12. The van der Waals surface area contributed by atoms with Gasteiger partial charge in [-0.1, -0.05) is 45.4 Å². The maximum Gasteiger partial charge on any atom is 0.253 e. The van der Waals surface area contributed by atoms with E-state index in [1.807, 2.05) is 38.1 Å². The summed E-state index contributed by atoms with van der Waals surface area (Å²) >= 11 is 10.8. The van der Waals surface area contributed by atoms with Crippen molar-refractivity contribution in [1.29, 1.82) is 0 Å². The number of nitrogens with zero attached hydrogens (tertiary/aromatic N) is 4. The number of hydrogen-bond acceptors (Lipinski definition) is 5. The molecule has 2 heterocycles. The Kier molecular flexibility index (Phi) is 6.78. The Bertz CT molecular complexity index is 1310. The van der Waals surface area contributed by atoms with Gasteiger partial charge in [-0.25, -0.2) is 13.9 Å². The zero-order valence-corrected chi connectivity index (χ0v) is 20.4. The van der Waals surface area contributed by atoms with Crippen LogP contribution in [-0.2, 0) is 11.2 Å². The monoisotopic (exact) mass is 533 g/mol. The Hall–Kier alpha value is -2.49. The number of amides is 1. The van der Waals surface area contributed by atoms with Crippen molar-refractivity contribution in [2.75, 3.05) is 11.1 Å². The molecular formula is C22H18BrClFN5OS. The average molecular weight is 535 g/mol. The van der Waals surface area contributed by atoms with Crippen LogP contribution in [0.4, 0.5) is 10.1 Å². The summed E-state index contributed by atoms with van der Waals surface area (Å²) in [6, 6.07) is 11.7. The van der Waals surface area contributed by atoms with Crippen LogP contribution in [0.25, 0.3) is 5.78 Å². The number of nitrogens with one attached hydrogen (secondary N) is 1. The SMILES string of the molecule is Cc1nc2nc(SCC(=O)Nc3ccc(Br)cc3)nn2c(C)c1Cc1ccc(F)cc1Cl. The minimum absolute atomic E-state index is 0.149. The molecule has 4 rings (SSSR count). The number of aryl methyl sites for hydroxylation is 2. The largest absolute Gasteiger partial charge is 0.325 e. The van der Waals surface area contributed by atoms with Crippen LogP contribution < -0.4 is 5.32 Å². The van der Waals surface area contributed by atoms with E-state index >= 15 is 0 Å². The van der Waals surface area contributed by atoms with Gasteiger partial charge < -0.3 is 5.32 Å². The molecule has 0 radical (unpaired) electrons.